The van der Waals surface area contributed by atoms with Crippen LogP contribution in [-0.2, 0) is 21.1 Å². The summed E-state index contributed by atoms with van der Waals surface area (Å²) in [7, 11) is -3.37. The molecule has 0 fully saturated rings. The minimum Gasteiger partial charge on any atom is -0.294 e. The molecule has 0 aromatic heterocycles. The Kier molecular flexibility index (Phi) is 5.44. The first-order chi connectivity index (χ1) is 13.8. The Morgan fingerprint density at radius 2 is 1.83 bits per heavy atom. The highest BCUT2D eigenvalue weighted by molar-refractivity contribution is 8.03. The minimum atomic E-state index is -3.37. The van der Waals surface area contributed by atoms with Crippen molar-refractivity contribution in [2.45, 2.75) is 42.4 Å². The van der Waals surface area contributed by atoms with Gasteiger partial charge >= 0.3 is 0 Å². The largest absolute Gasteiger partial charge is 0.294 e. The Hall–Kier alpha value is -1.89. The van der Waals surface area contributed by atoms with Crippen LogP contribution in [0.5, 0.6) is 0 Å². The van der Waals surface area contributed by atoms with E-state index >= 15 is 0 Å². The van der Waals surface area contributed by atoms with Crippen molar-refractivity contribution in [1.29, 1.82) is 0 Å². The first-order valence-electron chi connectivity index (χ1n) is 9.38. The second-order valence-corrected chi connectivity index (χ2v) is 10.8. The SMILES string of the molecule is Cc1cc(C(=O)C2=C(Sc3ccccc3)CCCC2=O)c(Cl)c2c1S(=O)(=O)CC2. The van der Waals surface area contributed by atoms with Crippen molar-refractivity contribution in [3.8, 4) is 0 Å². The van der Waals surface area contributed by atoms with Gasteiger partial charge in [-0.15, -0.1) is 0 Å². The summed E-state index contributed by atoms with van der Waals surface area (Å²) in [5, 5.41) is 0.159. The number of Topliss-reactive ketones (excluding diaryl/α,β-unsaturated/α-hetero) is 2. The molecule has 0 amide bonds. The molecule has 2 aromatic carbocycles. The van der Waals surface area contributed by atoms with Gasteiger partial charge in [0, 0.05) is 21.8 Å². The van der Waals surface area contributed by atoms with Crippen molar-refractivity contribution in [3.05, 3.63) is 68.6 Å². The summed E-state index contributed by atoms with van der Waals surface area (Å²) in [6.07, 6.45) is 1.98. The van der Waals surface area contributed by atoms with Gasteiger partial charge in [-0.25, -0.2) is 8.42 Å². The van der Waals surface area contributed by atoms with Crippen LogP contribution in [0.4, 0.5) is 0 Å². The van der Waals surface area contributed by atoms with Crippen LogP contribution < -0.4 is 0 Å². The number of sulfone groups is 1. The molecule has 0 radical (unpaired) electrons. The van der Waals surface area contributed by atoms with Crippen LogP contribution in [0.15, 0.2) is 56.7 Å². The third-order valence-electron chi connectivity index (χ3n) is 5.25. The molecule has 0 N–H and O–H groups in total. The number of hydrogen-bond donors (Lipinski definition) is 0. The van der Waals surface area contributed by atoms with E-state index in [1.165, 1.54) is 17.8 Å². The predicted octanol–water partition coefficient (Wildman–Crippen LogP) is 4.96. The van der Waals surface area contributed by atoms with Gasteiger partial charge in [-0.1, -0.05) is 41.6 Å². The third kappa shape index (κ3) is 3.69. The summed E-state index contributed by atoms with van der Waals surface area (Å²) in [5.74, 6) is -0.591. The first-order valence-corrected chi connectivity index (χ1v) is 12.2. The molecule has 0 unspecified atom stereocenters. The molecule has 1 aliphatic heterocycles. The second kappa shape index (κ2) is 7.74. The number of rotatable bonds is 4. The summed E-state index contributed by atoms with van der Waals surface area (Å²) in [4.78, 5) is 28.1. The lowest BCUT2D eigenvalue weighted by Crippen LogP contribution is -2.19. The molecule has 2 aliphatic rings. The zero-order chi connectivity index (χ0) is 20.8. The number of ketones is 2. The Balaban J connectivity index is 1.82. The van der Waals surface area contributed by atoms with Crippen molar-refractivity contribution < 1.29 is 18.0 Å². The molecule has 0 saturated heterocycles. The van der Waals surface area contributed by atoms with Gasteiger partial charge in [-0.3, -0.25) is 9.59 Å². The van der Waals surface area contributed by atoms with Gasteiger partial charge in [0.2, 0.25) is 0 Å². The number of carbonyl (C=O) groups excluding carboxylic acids is 2. The van der Waals surface area contributed by atoms with E-state index in [1.54, 1.807) is 6.92 Å². The number of halogens is 1. The third-order valence-corrected chi connectivity index (χ3v) is 8.77. The number of carbonyl (C=O) groups is 2. The number of hydrogen-bond acceptors (Lipinski definition) is 5. The van der Waals surface area contributed by atoms with Crippen molar-refractivity contribution in [3.63, 3.8) is 0 Å². The molecule has 0 bridgehead atoms. The summed E-state index contributed by atoms with van der Waals surface area (Å²) in [6.45, 7) is 1.67. The Morgan fingerprint density at radius 1 is 1.10 bits per heavy atom. The fourth-order valence-electron chi connectivity index (χ4n) is 3.94. The van der Waals surface area contributed by atoms with E-state index < -0.39 is 15.6 Å². The quantitative estimate of drug-likeness (QED) is 0.490. The maximum Gasteiger partial charge on any atom is 0.198 e. The molecule has 150 valence electrons. The van der Waals surface area contributed by atoms with Crippen LogP contribution in [0.1, 0.15) is 40.7 Å². The van der Waals surface area contributed by atoms with E-state index in [2.05, 4.69) is 0 Å². The molecule has 0 saturated carbocycles. The molecule has 2 aromatic rings. The van der Waals surface area contributed by atoms with Gasteiger partial charge in [0.15, 0.2) is 21.4 Å². The molecule has 0 spiro atoms. The smallest absolute Gasteiger partial charge is 0.198 e. The van der Waals surface area contributed by atoms with E-state index in [1.807, 2.05) is 30.3 Å². The van der Waals surface area contributed by atoms with Crippen molar-refractivity contribution >= 4 is 44.8 Å². The number of aryl methyl sites for hydroxylation is 1. The fourth-order valence-corrected chi connectivity index (χ4v) is 7.27. The maximum atomic E-state index is 13.4. The Labute approximate surface area is 179 Å². The zero-order valence-electron chi connectivity index (χ0n) is 15.8. The average molecular weight is 447 g/mol. The molecule has 1 heterocycles. The second-order valence-electron chi connectivity index (χ2n) is 7.25. The van der Waals surface area contributed by atoms with Gasteiger partial charge in [-0.2, -0.15) is 0 Å². The summed E-state index contributed by atoms with van der Waals surface area (Å²) in [5.41, 5.74) is 1.41. The van der Waals surface area contributed by atoms with E-state index in [0.717, 1.165) is 9.80 Å². The summed E-state index contributed by atoms with van der Waals surface area (Å²) >= 11 is 7.93. The molecule has 1 aliphatic carbocycles. The van der Waals surface area contributed by atoms with Gasteiger partial charge in [0.1, 0.15) is 0 Å². The summed E-state index contributed by atoms with van der Waals surface area (Å²) in [6, 6.07) is 11.1. The molecule has 4 rings (SSSR count). The number of benzene rings is 2. The number of thioether (sulfide) groups is 1. The highest BCUT2D eigenvalue weighted by Gasteiger charge is 2.35. The number of fused-ring (bicyclic) bond motifs is 1. The standard InChI is InChI=1S/C22H19ClO4S2/c1-13-12-16(20(23)15-10-11-29(26,27)22(13)15)21(25)19-17(24)8-5-9-18(19)28-14-6-3-2-4-7-14/h2-4,6-7,12H,5,8-11H2,1H3. The lowest BCUT2D eigenvalue weighted by Gasteiger charge is -2.19. The molecule has 7 heteroatoms. The topological polar surface area (TPSA) is 68.3 Å². The van der Waals surface area contributed by atoms with Gasteiger partial charge in [0.25, 0.3) is 0 Å². The van der Waals surface area contributed by atoms with Gasteiger partial charge in [0.05, 0.1) is 21.2 Å². The van der Waals surface area contributed by atoms with Crippen LogP contribution in [0.25, 0.3) is 0 Å². The fraction of sp³-hybridized carbons (Fsp3) is 0.273. The van der Waals surface area contributed by atoms with E-state index in [0.29, 0.717) is 30.4 Å². The first kappa shape index (κ1) is 20.4. The zero-order valence-corrected chi connectivity index (χ0v) is 18.2. The van der Waals surface area contributed by atoms with Crippen molar-refractivity contribution in [2.75, 3.05) is 5.75 Å². The molecular formula is C22H19ClO4S2. The van der Waals surface area contributed by atoms with Crippen LogP contribution >= 0.6 is 23.4 Å². The molecule has 0 atom stereocenters. The van der Waals surface area contributed by atoms with E-state index in [4.69, 9.17) is 11.6 Å². The molecule has 29 heavy (non-hydrogen) atoms. The maximum absolute atomic E-state index is 13.4. The monoisotopic (exact) mass is 446 g/mol. The predicted molar refractivity (Wildman–Crippen MR) is 114 cm³/mol. The molecule has 4 nitrogen and oxygen atoms in total. The van der Waals surface area contributed by atoms with Gasteiger partial charge < -0.3 is 0 Å². The van der Waals surface area contributed by atoms with Gasteiger partial charge in [-0.05, 0) is 55.5 Å². The van der Waals surface area contributed by atoms with Crippen LogP contribution in [0, 0.1) is 6.92 Å². The van der Waals surface area contributed by atoms with E-state index in [-0.39, 0.29) is 39.0 Å². The molecular weight excluding hydrogens is 428 g/mol. The average Bonchev–Trinajstić information content (AvgIpc) is 3.01. The van der Waals surface area contributed by atoms with E-state index in [9.17, 15) is 18.0 Å². The Bertz CT molecular complexity index is 1170. The van der Waals surface area contributed by atoms with Crippen LogP contribution in [0.3, 0.4) is 0 Å². The van der Waals surface area contributed by atoms with Crippen LogP contribution in [-0.4, -0.2) is 25.7 Å². The normalized spacial score (nSPS) is 18.1. The lowest BCUT2D eigenvalue weighted by atomic mass is 9.90. The van der Waals surface area contributed by atoms with Crippen molar-refractivity contribution in [1.82, 2.24) is 0 Å². The lowest BCUT2D eigenvalue weighted by molar-refractivity contribution is -0.115. The summed E-state index contributed by atoms with van der Waals surface area (Å²) < 4.78 is 24.6. The highest BCUT2D eigenvalue weighted by atomic mass is 35.5. The van der Waals surface area contributed by atoms with Crippen LogP contribution in [0.2, 0.25) is 5.02 Å². The number of allylic oxidation sites excluding steroid dienone is 2. The highest BCUT2D eigenvalue weighted by Crippen LogP contribution is 2.41. The minimum absolute atomic E-state index is 0.00271. The Morgan fingerprint density at radius 3 is 2.55 bits per heavy atom. The van der Waals surface area contributed by atoms with Crippen molar-refractivity contribution in [2.24, 2.45) is 0 Å².